The molecule has 49 heavy (non-hydrogen) atoms. The highest BCUT2D eigenvalue weighted by atomic mass is 32.2. The van der Waals surface area contributed by atoms with E-state index in [0.29, 0.717) is 13.1 Å². The molecule has 0 amide bonds. The van der Waals surface area contributed by atoms with E-state index in [1.165, 1.54) is 0 Å². The molecule has 7 rings (SSSR count). The molecule has 0 fully saturated rings. The summed E-state index contributed by atoms with van der Waals surface area (Å²) in [6, 6.07) is 18.3. The Labute approximate surface area is 301 Å². The molecule has 0 aliphatic carbocycles. The molecule has 4 aromatic heterocycles. The number of rotatable bonds is 11. The number of hydrogen-bond donors (Lipinski definition) is 1. The molecule has 6 aromatic rings. The Morgan fingerprint density at radius 1 is 0.959 bits per heavy atom. The number of thioether (sulfide) groups is 1. The van der Waals surface area contributed by atoms with Gasteiger partial charge in [0.1, 0.15) is 4.70 Å². The molecule has 0 unspecified atom stereocenters. The summed E-state index contributed by atoms with van der Waals surface area (Å²) < 4.78 is 72.0. The van der Waals surface area contributed by atoms with Crippen LogP contribution in [0.15, 0.2) is 99.3 Å². The molecule has 9 nitrogen and oxygen atoms in total. The molecule has 0 spiro atoms. The zero-order chi connectivity index (χ0) is 34.6. The van der Waals surface area contributed by atoms with Gasteiger partial charge < -0.3 is 9.45 Å². The first-order valence-corrected chi connectivity index (χ1v) is 22.0. The molecule has 0 saturated heterocycles. The number of anilines is 1. The first-order chi connectivity index (χ1) is 23.5. The molecule has 0 radical (unpaired) electrons. The minimum atomic E-state index is -4.32. The number of fused-ring (bicyclic) bond motifs is 6. The summed E-state index contributed by atoms with van der Waals surface area (Å²) >= 11 is 6.57. The summed E-state index contributed by atoms with van der Waals surface area (Å²) in [6.07, 6.45) is 8.98. The first kappa shape index (κ1) is 35.7. The van der Waals surface area contributed by atoms with Crippen LogP contribution in [0.1, 0.15) is 31.2 Å². The Morgan fingerprint density at radius 2 is 1.73 bits per heavy atom. The van der Waals surface area contributed by atoms with Crippen molar-refractivity contribution in [2.45, 2.75) is 37.6 Å². The third-order valence-electron chi connectivity index (χ3n) is 7.78. The van der Waals surface area contributed by atoms with Crippen molar-refractivity contribution in [3.63, 3.8) is 0 Å². The molecule has 1 N–H and O–H groups in total. The van der Waals surface area contributed by atoms with Gasteiger partial charge in [0.2, 0.25) is 5.52 Å². The normalized spacial score (nSPS) is 14.6. The van der Waals surface area contributed by atoms with E-state index in [0.717, 1.165) is 63.0 Å². The van der Waals surface area contributed by atoms with Crippen LogP contribution >= 0.6 is 45.8 Å². The molecule has 1 aliphatic rings. The second-order valence-electron chi connectivity index (χ2n) is 11.2. The number of benzene rings is 2. The van der Waals surface area contributed by atoms with Crippen LogP contribution in [0.4, 0.5) is 5.69 Å². The van der Waals surface area contributed by atoms with Crippen molar-refractivity contribution in [1.82, 2.24) is 4.98 Å². The van der Waals surface area contributed by atoms with Gasteiger partial charge in [-0.2, -0.15) is 13.0 Å². The molecular formula is C34H33N3O6S6. The number of pyridine rings is 1. The Bertz CT molecular complexity index is 2350. The zero-order valence-electron chi connectivity index (χ0n) is 26.4. The number of thiazole rings is 1. The average Bonchev–Trinajstić information content (AvgIpc) is 3.86. The zero-order valence-corrected chi connectivity index (χ0v) is 31.3. The molecular weight excluding hydrogens is 739 g/mol. The van der Waals surface area contributed by atoms with Crippen LogP contribution in [-0.2, 0) is 26.8 Å². The molecule has 256 valence electrons. The standard InChI is InChI=1S/C29H28N2O6S6.C5H5N/c1-2-19(17-25-30(11-3-15-42(32,33)34)27-21-10-14-38-22(21)7-8-23(27)40-25)18-26-31(12-4-16-43(35,36)37)28-24(41-26)6-5-20-9-13-39-29(20)28;1-2-4-6-5-3-1/h5-10,13-14,17-18H,2-4,11-12,15-16H2,1H3,(H-,32,33,34,35,36,37);1-5H. The highest BCUT2D eigenvalue weighted by Gasteiger charge is 2.28. The maximum absolute atomic E-state index is 11.5. The van der Waals surface area contributed by atoms with Crippen LogP contribution in [0.5, 0.6) is 0 Å². The Kier molecular flexibility index (Phi) is 11.2. The summed E-state index contributed by atoms with van der Waals surface area (Å²) in [5.41, 5.74) is 3.15. The smallest absolute Gasteiger partial charge is 0.265 e. The number of allylic oxidation sites excluding steroid dienone is 2. The van der Waals surface area contributed by atoms with E-state index >= 15 is 0 Å². The molecule has 5 heterocycles. The summed E-state index contributed by atoms with van der Waals surface area (Å²) in [6.45, 7) is 2.91. The number of aromatic nitrogens is 2. The van der Waals surface area contributed by atoms with Gasteiger partial charge in [0.15, 0.2) is 6.54 Å². The summed E-state index contributed by atoms with van der Waals surface area (Å²) in [5.74, 6) is -0.735. The van der Waals surface area contributed by atoms with E-state index in [4.69, 9.17) is 0 Å². The van der Waals surface area contributed by atoms with Crippen LogP contribution in [0.25, 0.3) is 36.5 Å². The van der Waals surface area contributed by atoms with Crippen molar-refractivity contribution in [2.75, 3.05) is 23.0 Å². The van der Waals surface area contributed by atoms with E-state index in [2.05, 4.69) is 69.9 Å². The van der Waals surface area contributed by atoms with E-state index in [9.17, 15) is 25.9 Å². The van der Waals surface area contributed by atoms with Gasteiger partial charge in [0, 0.05) is 46.8 Å². The van der Waals surface area contributed by atoms with Gasteiger partial charge in [-0.25, -0.2) is 8.42 Å². The highest BCUT2D eigenvalue weighted by molar-refractivity contribution is 8.03. The highest BCUT2D eigenvalue weighted by Crippen LogP contribution is 2.51. The first-order valence-electron chi connectivity index (χ1n) is 15.4. The van der Waals surface area contributed by atoms with Gasteiger partial charge in [-0.3, -0.25) is 9.54 Å². The van der Waals surface area contributed by atoms with Crippen molar-refractivity contribution in [1.29, 1.82) is 0 Å². The topological polar surface area (TPSA) is 132 Å². The van der Waals surface area contributed by atoms with Gasteiger partial charge in [0.25, 0.3) is 15.1 Å². The van der Waals surface area contributed by atoms with Gasteiger partial charge in [-0.15, -0.1) is 22.7 Å². The molecule has 0 atom stereocenters. The lowest BCUT2D eigenvalue weighted by molar-refractivity contribution is -0.667. The predicted molar refractivity (Wildman–Crippen MR) is 203 cm³/mol. The second kappa shape index (κ2) is 15.4. The van der Waals surface area contributed by atoms with E-state index in [-0.39, 0.29) is 18.6 Å². The van der Waals surface area contributed by atoms with Crippen LogP contribution < -0.4 is 9.47 Å². The van der Waals surface area contributed by atoms with E-state index in [1.807, 2.05) is 29.0 Å². The number of hydrogen-bond acceptors (Lipinski definition) is 11. The second-order valence-corrected chi connectivity index (χ2v) is 18.3. The van der Waals surface area contributed by atoms with Crippen LogP contribution in [0, 0.1) is 0 Å². The van der Waals surface area contributed by atoms with Gasteiger partial charge in [0.05, 0.1) is 36.7 Å². The molecule has 15 heteroatoms. The van der Waals surface area contributed by atoms with Crippen molar-refractivity contribution in [3.05, 3.63) is 99.4 Å². The van der Waals surface area contributed by atoms with E-state index in [1.54, 1.807) is 58.2 Å². The van der Waals surface area contributed by atoms with Gasteiger partial charge in [-0.05, 0) is 83.1 Å². The SMILES string of the molecule is CCC(/C=C1\Sc2ccc3ccsc3c2N1CCCS(=O)(=O)[O-])=C\c1sc2ccc3sccc3c2[n+]1CCCS(=O)(=O)O.c1ccncc1. The van der Waals surface area contributed by atoms with Crippen LogP contribution in [0.3, 0.4) is 0 Å². The number of thiophene rings is 2. The minimum absolute atomic E-state index is 0.219. The average molecular weight is 772 g/mol. The monoisotopic (exact) mass is 771 g/mol. The molecule has 2 aromatic carbocycles. The summed E-state index contributed by atoms with van der Waals surface area (Å²) in [4.78, 5) is 7.00. The predicted octanol–water partition coefficient (Wildman–Crippen LogP) is 8.16. The van der Waals surface area contributed by atoms with Gasteiger partial charge >= 0.3 is 0 Å². The number of aryl methyl sites for hydroxylation is 1. The quantitative estimate of drug-likeness (QED) is 0.102. The van der Waals surface area contributed by atoms with Crippen molar-refractivity contribution < 1.29 is 30.5 Å². The van der Waals surface area contributed by atoms with Crippen LogP contribution in [0.2, 0.25) is 0 Å². The maximum Gasteiger partial charge on any atom is 0.265 e. The maximum atomic E-state index is 11.5. The third-order valence-corrected chi connectivity index (χ3v) is 13.4. The fraction of sp³-hybridized carbons (Fsp3) is 0.235. The summed E-state index contributed by atoms with van der Waals surface area (Å²) in [5, 5.41) is 8.27. The largest absolute Gasteiger partial charge is 0.748 e. The van der Waals surface area contributed by atoms with E-state index < -0.39 is 26.0 Å². The van der Waals surface area contributed by atoms with Crippen molar-refractivity contribution in [2.24, 2.45) is 0 Å². The third kappa shape index (κ3) is 8.78. The Balaban J connectivity index is 0.000000628. The lowest BCUT2D eigenvalue weighted by Crippen LogP contribution is -2.36. The van der Waals surface area contributed by atoms with Crippen molar-refractivity contribution >= 4 is 108 Å². The van der Waals surface area contributed by atoms with Gasteiger partial charge in [-0.1, -0.05) is 42.2 Å². The summed E-state index contributed by atoms with van der Waals surface area (Å²) in [7, 11) is -8.40. The lowest BCUT2D eigenvalue weighted by atomic mass is 10.1. The minimum Gasteiger partial charge on any atom is -0.748 e. The fourth-order valence-corrected chi connectivity index (χ4v) is 10.7. The molecule has 1 aliphatic heterocycles. The number of nitrogens with zero attached hydrogens (tertiary/aromatic N) is 3. The molecule has 0 saturated carbocycles. The lowest BCUT2D eigenvalue weighted by Gasteiger charge is -2.22. The van der Waals surface area contributed by atoms with Crippen molar-refractivity contribution in [3.8, 4) is 0 Å². The molecule has 0 bridgehead atoms. The fourth-order valence-electron chi connectivity index (χ4n) is 5.60. The Hall–Kier alpha value is -3.15. The Morgan fingerprint density at radius 3 is 2.43 bits per heavy atom. The van der Waals surface area contributed by atoms with Crippen LogP contribution in [-0.4, -0.2) is 49.0 Å².